The van der Waals surface area contributed by atoms with E-state index in [0.29, 0.717) is 6.04 Å². The van der Waals surface area contributed by atoms with E-state index in [1.165, 1.54) is 24.8 Å². The number of nitrogens with two attached hydrogens (primary N) is 1. The molecule has 0 amide bonds. The van der Waals surface area contributed by atoms with Gasteiger partial charge in [-0.05, 0) is 65.6 Å². The number of halogens is 1. The van der Waals surface area contributed by atoms with E-state index >= 15 is 0 Å². The van der Waals surface area contributed by atoms with Crippen molar-refractivity contribution in [3.63, 3.8) is 0 Å². The molecule has 2 nitrogen and oxygen atoms in total. The first-order valence-electron chi connectivity index (χ1n) is 5.61. The molecule has 1 aliphatic carbocycles. The van der Waals surface area contributed by atoms with Gasteiger partial charge in [0.1, 0.15) is 0 Å². The Bertz CT molecular complexity index is 323. The Kier molecular flexibility index (Phi) is 3.76. The second kappa shape index (κ2) is 5.08. The van der Waals surface area contributed by atoms with Crippen molar-refractivity contribution >= 4 is 15.9 Å². The van der Waals surface area contributed by atoms with Crippen molar-refractivity contribution in [2.24, 2.45) is 11.7 Å². The minimum atomic E-state index is 0.435. The van der Waals surface area contributed by atoms with Gasteiger partial charge in [-0.25, -0.2) is 0 Å². The quantitative estimate of drug-likeness (QED) is 0.892. The predicted molar refractivity (Wildman–Crippen MR) is 65.6 cm³/mol. The minimum absolute atomic E-state index is 0.435. The van der Waals surface area contributed by atoms with Crippen LogP contribution in [0.4, 0.5) is 0 Å². The molecule has 1 heterocycles. The average molecular weight is 269 g/mol. The molecule has 2 rings (SSSR count). The van der Waals surface area contributed by atoms with Crippen LogP contribution in [0.25, 0.3) is 0 Å². The lowest BCUT2D eigenvalue weighted by Crippen LogP contribution is -2.22. The molecule has 82 valence electrons. The molecule has 0 saturated heterocycles. The van der Waals surface area contributed by atoms with E-state index in [1.807, 2.05) is 12.4 Å². The molecule has 0 aliphatic heterocycles. The summed E-state index contributed by atoms with van der Waals surface area (Å²) in [6.45, 7) is 0. The third-order valence-corrected chi connectivity index (χ3v) is 3.43. The van der Waals surface area contributed by atoms with Crippen LogP contribution in [0.1, 0.15) is 31.2 Å². The van der Waals surface area contributed by atoms with E-state index in [1.54, 1.807) is 0 Å². The Morgan fingerprint density at radius 3 is 2.93 bits per heavy atom. The van der Waals surface area contributed by atoms with Crippen LogP contribution in [-0.2, 0) is 6.42 Å². The zero-order valence-corrected chi connectivity index (χ0v) is 10.4. The van der Waals surface area contributed by atoms with Crippen LogP contribution in [0.15, 0.2) is 22.9 Å². The van der Waals surface area contributed by atoms with Crippen LogP contribution >= 0.6 is 15.9 Å². The third-order valence-electron chi connectivity index (χ3n) is 2.99. The molecular formula is C12H17BrN2. The van der Waals surface area contributed by atoms with Crippen LogP contribution in [0.5, 0.6) is 0 Å². The standard InChI is InChI=1S/C12H17BrN2/c13-11-6-9(7-15-8-11)2-1-3-12(14)10-4-5-10/h6-8,10,12H,1-5,14H2. The second-order valence-electron chi connectivity index (χ2n) is 4.40. The SMILES string of the molecule is NC(CCCc1cncc(Br)c1)C1CC1. The van der Waals surface area contributed by atoms with E-state index in [2.05, 4.69) is 27.0 Å². The molecule has 15 heavy (non-hydrogen) atoms. The van der Waals surface area contributed by atoms with Crippen molar-refractivity contribution in [2.45, 2.75) is 38.1 Å². The number of rotatable bonds is 5. The molecule has 1 unspecified atom stereocenters. The molecular weight excluding hydrogens is 252 g/mol. The van der Waals surface area contributed by atoms with Gasteiger partial charge in [0.15, 0.2) is 0 Å². The van der Waals surface area contributed by atoms with Gasteiger partial charge in [-0.2, -0.15) is 0 Å². The highest BCUT2D eigenvalue weighted by Gasteiger charge is 2.27. The highest BCUT2D eigenvalue weighted by Crippen LogP contribution is 2.33. The molecule has 1 aromatic rings. The van der Waals surface area contributed by atoms with Gasteiger partial charge in [-0.15, -0.1) is 0 Å². The van der Waals surface area contributed by atoms with Gasteiger partial charge in [-0.3, -0.25) is 4.98 Å². The monoisotopic (exact) mass is 268 g/mol. The minimum Gasteiger partial charge on any atom is -0.327 e. The maximum atomic E-state index is 6.05. The Hall–Kier alpha value is -0.410. The van der Waals surface area contributed by atoms with Gasteiger partial charge in [0.05, 0.1) is 0 Å². The molecule has 2 N–H and O–H groups in total. The molecule has 1 aliphatic rings. The van der Waals surface area contributed by atoms with E-state index < -0.39 is 0 Å². The maximum absolute atomic E-state index is 6.05. The van der Waals surface area contributed by atoms with Crippen molar-refractivity contribution < 1.29 is 0 Å². The largest absolute Gasteiger partial charge is 0.327 e. The topological polar surface area (TPSA) is 38.9 Å². The summed E-state index contributed by atoms with van der Waals surface area (Å²) in [5.74, 6) is 0.825. The number of aryl methyl sites for hydroxylation is 1. The van der Waals surface area contributed by atoms with Crippen LogP contribution in [0, 0.1) is 5.92 Å². The van der Waals surface area contributed by atoms with Crippen molar-refractivity contribution in [3.8, 4) is 0 Å². The molecule has 0 radical (unpaired) electrons. The van der Waals surface area contributed by atoms with E-state index in [9.17, 15) is 0 Å². The summed E-state index contributed by atoms with van der Waals surface area (Å²) < 4.78 is 1.06. The van der Waals surface area contributed by atoms with Crippen molar-refractivity contribution in [2.75, 3.05) is 0 Å². The molecule has 1 atom stereocenters. The number of hydrogen-bond acceptors (Lipinski definition) is 2. The first-order valence-corrected chi connectivity index (χ1v) is 6.40. The summed E-state index contributed by atoms with van der Waals surface area (Å²) in [6.07, 6.45) is 9.87. The lowest BCUT2D eigenvalue weighted by atomic mass is 10.0. The Balaban J connectivity index is 1.73. The number of nitrogens with zero attached hydrogens (tertiary/aromatic N) is 1. The third kappa shape index (κ3) is 3.58. The van der Waals surface area contributed by atoms with Gasteiger partial charge in [-0.1, -0.05) is 0 Å². The van der Waals surface area contributed by atoms with E-state index in [0.717, 1.165) is 23.2 Å². The van der Waals surface area contributed by atoms with Crippen molar-refractivity contribution in [1.82, 2.24) is 4.98 Å². The van der Waals surface area contributed by atoms with Crippen LogP contribution < -0.4 is 5.73 Å². The smallest absolute Gasteiger partial charge is 0.0410 e. The molecule has 1 fully saturated rings. The summed E-state index contributed by atoms with van der Waals surface area (Å²) in [5.41, 5.74) is 7.35. The molecule has 1 aromatic heterocycles. The number of hydrogen-bond donors (Lipinski definition) is 1. The Labute approximate surface area is 99.4 Å². The average Bonchev–Trinajstić information content (AvgIpc) is 3.00. The van der Waals surface area contributed by atoms with Gasteiger partial charge in [0.2, 0.25) is 0 Å². The first-order chi connectivity index (χ1) is 7.25. The lowest BCUT2D eigenvalue weighted by molar-refractivity contribution is 0.528. The van der Waals surface area contributed by atoms with Crippen LogP contribution in [0.3, 0.4) is 0 Å². The maximum Gasteiger partial charge on any atom is 0.0410 e. The number of pyridine rings is 1. The lowest BCUT2D eigenvalue weighted by Gasteiger charge is -2.09. The predicted octanol–water partition coefficient (Wildman–Crippen LogP) is 2.90. The molecule has 0 bridgehead atoms. The highest BCUT2D eigenvalue weighted by molar-refractivity contribution is 9.10. The summed E-state index contributed by atoms with van der Waals surface area (Å²) in [4.78, 5) is 4.15. The van der Waals surface area contributed by atoms with E-state index in [-0.39, 0.29) is 0 Å². The molecule has 0 aromatic carbocycles. The Morgan fingerprint density at radius 1 is 1.47 bits per heavy atom. The van der Waals surface area contributed by atoms with Crippen molar-refractivity contribution in [3.05, 3.63) is 28.5 Å². The van der Waals surface area contributed by atoms with Crippen LogP contribution in [0.2, 0.25) is 0 Å². The fourth-order valence-corrected chi connectivity index (χ4v) is 2.31. The summed E-state index contributed by atoms with van der Waals surface area (Å²) >= 11 is 3.43. The van der Waals surface area contributed by atoms with Gasteiger partial charge < -0.3 is 5.73 Å². The zero-order chi connectivity index (χ0) is 10.7. The summed E-state index contributed by atoms with van der Waals surface area (Å²) in [6, 6.07) is 2.57. The van der Waals surface area contributed by atoms with Crippen molar-refractivity contribution in [1.29, 1.82) is 0 Å². The van der Waals surface area contributed by atoms with Crippen LogP contribution in [-0.4, -0.2) is 11.0 Å². The van der Waals surface area contributed by atoms with E-state index in [4.69, 9.17) is 5.73 Å². The van der Waals surface area contributed by atoms with Gasteiger partial charge in [0, 0.05) is 22.9 Å². The highest BCUT2D eigenvalue weighted by atomic mass is 79.9. The summed E-state index contributed by atoms with van der Waals surface area (Å²) in [7, 11) is 0. The Morgan fingerprint density at radius 2 is 2.27 bits per heavy atom. The molecule has 0 spiro atoms. The second-order valence-corrected chi connectivity index (χ2v) is 5.32. The number of aromatic nitrogens is 1. The first kappa shape index (κ1) is 11.1. The van der Waals surface area contributed by atoms with Gasteiger partial charge >= 0.3 is 0 Å². The fraction of sp³-hybridized carbons (Fsp3) is 0.583. The zero-order valence-electron chi connectivity index (χ0n) is 8.82. The normalized spacial score (nSPS) is 17.7. The van der Waals surface area contributed by atoms with Gasteiger partial charge in [0.25, 0.3) is 0 Å². The molecule has 3 heteroatoms. The fourth-order valence-electron chi connectivity index (χ4n) is 1.89. The summed E-state index contributed by atoms with van der Waals surface area (Å²) in [5, 5.41) is 0. The molecule has 1 saturated carbocycles.